The predicted molar refractivity (Wildman–Crippen MR) is 97.4 cm³/mol. The Morgan fingerprint density at radius 2 is 2.00 bits per heavy atom. The molecule has 26 heavy (non-hydrogen) atoms. The molecule has 0 N–H and O–H groups in total. The van der Waals surface area contributed by atoms with Crippen molar-refractivity contribution in [1.29, 1.82) is 0 Å². The lowest BCUT2D eigenvalue weighted by Gasteiger charge is -2.11. The second-order valence-corrected chi connectivity index (χ2v) is 8.35. The van der Waals surface area contributed by atoms with E-state index in [1.54, 1.807) is 12.1 Å². The minimum absolute atomic E-state index is 0.114. The molecule has 138 valence electrons. The molecule has 7 nitrogen and oxygen atoms in total. The van der Waals surface area contributed by atoms with Crippen LogP contribution in [0.1, 0.15) is 50.6 Å². The molecule has 0 amide bonds. The first kappa shape index (κ1) is 18.7. The molecule has 0 radical (unpaired) electrons. The van der Waals surface area contributed by atoms with Gasteiger partial charge >= 0.3 is 0 Å². The normalized spacial score (nSPS) is 13.0. The maximum absolute atomic E-state index is 6.05. The Labute approximate surface area is 160 Å². The van der Waals surface area contributed by atoms with E-state index in [0.717, 1.165) is 0 Å². The molecule has 0 spiro atoms. The number of hydrogen-bond acceptors (Lipinski definition) is 8. The lowest BCUT2D eigenvalue weighted by Crippen LogP contribution is -2.13. The molecule has 3 rings (SSSR count). The van der Waals surface area contributed by atoms with Crippen molar-refractivity contribution >= 4 is 23.4 Å². The maximum Gasteiger partial charge on any atom is 0.277 e. The first-order valence-corrected chi connectivity index (χ1v) is 9.29. The topological polar surface area (TPSA) is 87.1 Å². The summed E-state index contributed by atoms with van der Waals surface area (Å²) in [7, 11) is 0. The molecular weight excluding hydrogens is 376 g/mol. The third-order valence-corrected chi connectivity index (χ3v) is 4.61. The van der Waals surface area contributed by atoms with Crippen LogP contribution in [0.2, 0.25) is 5.02 Å². The molecule has 0 saturated carbocycles. The smallest absolute Gasteiger partial charge is 0.277 e. The van der Waals surface area contributed by atoms with Crippen LogP contribution in [0.15, 0.2) is 38.4 Å². The first-order valence-electron chi connectivity index (χ1n) is 8.03. The molecule has 1 aromatic carbocycles. The summed E-state index contributed by atoms with van der Waals surface area (Å²) < 4.78 is 16.5. The fourth-order valence-corrected chi connectivity index (χ4v) is 2.87. The van der Waals surface area contributed by atoms with Gasteiger partial charge in [0.25, 0.3) is 11.1 Å². The van der Waals surface area contributed by atoms with Gasteiger partial charge in [-0.15, -0.1) is 10.2 Å². The van der Waals surface area contributed by atoms with E-state index in [4.69, 9.17) is 25.3 Å². The Kier molecular flexibility index (Phi) is 5.52. The number of nitrogens with zero attached hydrogens (tertiary/aromatic N) is 4. The fourth-order valence-electron chi connectivity index (χ4n) is 1.95. The van der Waals surface area contributed by atoms with Crippen molar-refractivity contribution in [2.75, 3.05) is 0 Å². The summed E-state index contributed by atoms with van der Waals surface area (Å²) in [6.07, 6.45) is 0. The summed E-state index contributed by atoms with van der Waals surface area (Å²) in [5, 5.41) is 12.8. The van der Waals surface area contributed by atoms with E-state index in [2.05, 4.69) is 20.3 Å². The number of para-hydroxylation sites is 1. The highest BCUT2D eigenvalue weighted by molar-refractivity contribution is 7.99. The molecule has 0 saturated heterocycles. The van der Waals surface area contributed by atoms with Crippen LogP contribution in [0.25, 0.3) is 0 Å². The van der Waals surface area contributed by atoms with E-state index in [-0.39, 0.29) is 17.3 Å². The van der Waals surface area contributed by atoms with Gasteiger partial charge in [0.1, 0.15) is 5.75 Å². The van der Waals surface area contributed by atoms with Crippen LogP contribution in [0, 0.1) is 0 Å². The van der Waals surface area contributed by atoms with Crippen LogP contribution in [0.3, 0.4) is 0 Å². The second kappa shape index (κ2) is 7.67. The molecule has 0 bridgehead atoms. The molecule has 0 aliphatic rings. The minimum atomic E-state index is -0.167. The van der Waals surface area contributed by atoms with Crippen molar-refractivity contribution < 1.29 is 13.7 Å². The Morgan fingerprint density at radius 1 is 1.23 bits per heavy atom. The number of ether oxygens (including phenoxy) is 1. The third-order valence-electron chi connectivity index (χ3n) is 3.37. The monoisotopic (exact) mass is 394 g/mol. The van der Waals surface area contributed by atoms with Gasteiger partial charge in [-0.3, -0.25) is 0 Å². The van der Waals surface area contributed by atoms with Gasteiger partial charge in [-0.1, -0.05) is 61.4 Å². The van der Waals surface area contributed by atoms with Gasteiger partial charge in [-0.2, -0.15) is 4.98 Å². The van der Waals surface area contributed by atoms with Crippen molar-refractivity contribution in [3.63, 3.8) is 0 Å². The average Bonchev–Trinajstić information content (AvgIpc) is 3.23. The Balaban J connectivity index is 1.59. The zero-order valence-corrected chi connectivity index (χ0v) is 16.5. The number of thioether (sulfide) groups is 1. The zero-order valence-electron chi connectivity index (χ0n) is 14.9. The van der Waals surface area contributed by atoms with Crippen molar-refractivity contribution in [3.8, 4) is 5.75 Å². The molecule has 2 aromatic heterocycles. The van der Waals surface area contributed by atoms with Gasteiger partial charge in [0.15, 0.2) is 12.4 Å². The molecule has 0 aliphatic heterocycles. The fraction of sp³-hybridized carbons (Fsp3) is 0.412. The van der Waals surface area contributed by atoms with Crippen LogP contribution in [0.4, 0.5) is 0 Å². The summed E-state index contributed by atoms with van der Waals surface area (Å²) in [5.74, 6) is 2.11. The van der Waals surface area contributed by atoms with Gasteiger partial charge in [-0.05, 0) is 19.1 Å². The van der Waals surface area contributed by atoms with Crippen LogP contribution in [0.5, 0.6) is 5.75 Å². The summed E-state index contributed by atoms with van der Waals surface area (Å²) in [6.45, 7) is 8.17. The maximum atomic E-state index is 6.05. The molecule has 0 fully saturated rings. The molecule has 0 aliphatic carbocycles. The quantitative estimate of drug-likeness (QED) is 0.549. The molecule has 1 atom stereocenters. The molecule has 2 heterocycles. The number of rotatable bonds is 6. The molecule has 3 aromatic rings. The lowest BCUT2D eigenvalue weighted by atomic mass is 9.96. The van der Waals surface area contributed by atoms with Crippen molar-refractivity contribution in [1.82, 2.24) is 20.3 Å². The highest BCUT2D eigenvalue weighted by atomic mass is 35.5. The standard InChI is InChI=1S/C17H19ClN4O3S/c1-10(14-19-15(22-25-14)17(2,3)4)26-16-21-20-13(24-16)9-23-12-8-6-5-7-11(12)18/h5-8,10H,9H2,1-4H3. The van der Waals surface area contributed by atoms with E-state index >= 15 is 0 Å². The van der Waals surface area contributed by atoms with Gasteiger partial charge < -0.3 is 13.7 Å². The Hall–Kier alpha value is -2.06. The van der Waals surface area contributed by atoms with Gasteiger partial charge in [0, 0.05) is 5.41 Å². The van der Waals surface area contributed by atoms with E-state index in [1.165, 1.54) is 11.8 Å². The largest absolute Gasteiger partial charge is 0.482 e. The van der Waals surface area contributed by atoms with Crippen LogP contribution >= 0.6 is 23.4 Å². The third kappa shape index (κ3) is 4.56. The van der Waals surface area contributed by atoms with E-state index < -0.39 is 0 Å². The lowest BCUT2D eigenvalue weighted by molar-refractivity contribution is 0.252. The van der Waals surface area contributed by atoms with E-state index in [9.17, 15) is 0 Å². The Morgan fingerprint density at radius 3 is 2.69 bits per heavy atom. The number of aromatic nitrogens is 4. The SMILES string of the molecule is CC(Sc1nnc(COc2ccccc2Cl)o1)c1nc(C(C)(C)C)no1. The molecule has 1 unspecified atom stereocenters. The summed E-state index contributed by atoms with van der Waals surface area (Å²) in [5.41, 5.74) is -0.167. The number of benzene rings is 1. The van der Waals surface area contributed by atoms with Gasteiger partial charge in [0.2, 0.25) is 5.89 Å². The van der Waals surface area contributed by atoms with Crippen LogP contribution in [-0.2, 0) is 12.0 Å². The van der Waals surface area contributed by atoms with Crippen molar-refractivity contribution in [2.45, 2.75) is 50.2 Å². The molecule has 9 heteroatoms. The van der Waals surface area contributed by atoms with Crippen LogP contribution < -0.4 is 4.74 Å². The predicted octanol–water partition coefficient (Wildman–Crippen LogP) is 4.84. The zero-order chi connectivity index (χ0) is 18.7. The van der Waals surface area contributed by atoms with Crippen molar-refractivity contribution in [3.05, 3.63) is 46.9 Å². The first-order chi connectivity index (χ1) is 12.3. The second-order valence-electron chi connectivity index (χ2n) is 6.65. The van der Waals surface area contributed by atoms with E-state index in [0.29, 0.717) is 33.6 Å². The van der Waals surface area contributed by atoms with Gasteiger partial charge in [0.05, 0.1) is 10.3 Å². The molecular formula is C17H19ClN4O3S. The Bertz CT molecular complexity index is 875. The average molecular weight is 395 g/mol. The van der Waals surface area contributed by atoms with Gasteiger partial charge in [-0.25, -0.2) is 0 Å². The summed E-state index contributed by atoms with van der Waals surface area (Å²) >= 11 is 7.40. The summed E-state index contributed by atoms with van der Waals surface area (Å²) in [6, 6.07) is 7.21. The van der Waals surface area contributed by atoms with E-state index in [1.807, 2.05) is 39.8 Å². The minimum Gasteiger partial charge on any atom is -0.482 e. The highest BCUT2D eigenvalue weighted by Gasteiger charge is 2.24. The number of hydrogen-bond donors (Lipinski definition) is 0. The van der Waals surface area contributed by atoms with Crippen LogP contribution in [-0.4, -0.2) is 20.3 Å². The number of halogens is 1. The highest BCUT2D eigenvalue weighted by Crippen LogP contribution is 2.34. The summed E-state index contributed by atoms with van der Waals surface area (Å²) in [4.78, 5) is 4.44. The van der Waals surface area contributed by atoms with Crippen molar-refractivity contribution in [2.24, 2.45) is 0 Å².